The van der Waals surface area contributed by atoms with Gasteiger partial charge in [-0.05, 0) is 26.9 Å². The highest BCUT2D eigenvalue weighted by atomic mass is 19.3. The third-order valence-corrected chi connectivity index (χ3v) is 3.19. The average molecular weight is 221 g/mol. The molecule has 1 saturated heterocycles. The van der Waals surface area contributed by atoms with Crippen molar-refractivity contribution in [3.05, 3.63) is 0 Å². The number of nitrogens with zero attached hydrogens (tertiary/aromatic N) is 1. The second-order valence-corrected chi connectivity index (χ2v) is 4.38. The summed E-state index contributed by atoms with van der Waals surface area (Å²) in [6, 6.07) is 0. The summed E-state index contributed by atoms with van der Waals surface area (Å²) < 4.78 is 30.2. The van der Waals surface area contributed by atoms with Crippen LogP contribution in [0.3, 0.4) is 0 Å². The second kappa shape index (κ2) is 4.43. The normalized spacial score (nSPS) is 33.1. The van der Waals surface area contributed by atoms with E-state index in [9.17, 15) is 13.6 Å². The van der Waals surface area contributed by atoms with Crippen LogP contribution in [-0.2, 0) is 9.53 Å². The smallest absolute Gasteiger partial charge is 0.313 e. The van der Waals surface area contributed by atoms with E-state index in [0.717, 1.165) is 0 Å². The van der Waals surface area contributed by atoms with Crippen molar-refractivity contribution in [3.8, 4) is 0 Å². The van der Waals surface area contributed by atoms with Crippen molar-refractivity contribution in [2.45, 2.75) is 19.8 Å². The molecule has 0 N–H and O–H groups in total. The van der Waals surface area contributed by atoms with Crippen LogP contribution in [0.4, 0.5) is 8.78 Å². The van der Waals surface area contributed by atoms with Crippen molar-refractivity contribution in [1.82, 2.24) is 4.90 Å². The minimum Gasteiger partial charge on any atom is -0.469 e. The minimum absolute atomic E-state index is 0.328. The van der Waals surface area contributed by atoms with Crippen LogP contribution in [-0.4, -0.2) is 44.5 Å². The molecule has 1 aliphatic rings. The maximum atomic E-state index is 12.8. The Hall–Kier alpha value is -0.710. The van der Waals surface area contributed by atoms with E-state index in [2.05, 4.69) is 4.74 Å². The van der Waals surface area contributed by atoms with Gasteiger partial charge >= 0.3 is 5.97 Å². The number of ether oxygens (including phenoxy) is 1. The van der Waals surface area contributed by atoms with E-state index in [1.54, 1.807) is 6.92 Å². The van der Waals surface area contributed by atoms with Gasteiger partial charge in [0.15, 0.2) is 0 Å². The molecule has 3 nitrogen and oxygen atoms in total. The Morgan fingerprint density at radius 2 is 2.20 bits per heavy atom. The molecule has 88 valence electrons. The van der Waals surface area contributed by atoms with Crippen molar-refractivity contribution in [2.24, 2.45) is 11.3 Å². The zero-order valence-corrected chi connectivity index (χ0v) is 9.30. The van der Waals surface area contributed by atoms with Crippen LogP contribution >= 0.6 is 0 Å². The molecule has 0 aromatic carbocycles. The van der Waals surface area contributed by atoms with Crippen LogP contribution in [0.1, 0.15) is 13.3 Å². The third-order valence-electron chi connectivity index (χ3n) is 3.19. The summed E-state index contributed by atoms with van der Waals surface area (Å²) in [5, 5.41) is 0. The summed E-state index contributed by atoms with van der Waals surface area (Å²) in [5.74, 6) is -1.44. The predicted octanol–water partition coefficient (Wildman–Crippen LogP) is 1.38. The van der Waals surface area contributed by atoms with Gasteiger partial charge in [-0.2, -0.15) is 0 Å². The van der Waals surface area contributed by atoms with E-state index in [4.69, 9.17) is 0 Å². The topological polar surface area (TPSA) is 29.5 Å². The van der Waals surface area contributed by atoms with Gasteiger partial charge in [0.1, 0.15) is 0 Å². The molecule has 0 amide bonds. The predicted molar refractivity (Wildman–Crippen MR) is 51.7 cm³/mol. The molecule has 1 rings (SSSR count). The summed E-state index contributed by atoms with van der Waals surface area (Å²) in [7, 11) is 3.06. The number of likely N-dealkylation sites (tertiary alicyclic amines) is 1. The fourth-order valence-electron chi connectivity index (χ4n) is 2.29. The maximum Gasteiger partial charge on any atom is 0.313 e. The lowest BCUT2D eigenvalue weighted by Crippen LogP contribution is -2.52. The van der Waals surface area contributed by atoms with Crippen molar-refractivity contribution in [1.29, 1.82) is 0 Å². The van der Waals surface area contributed by atoms with E-state index in [-0.39, 0.29) is 0 Å². The Labute approximate surface area is 88.4 Å². The number of halogens is 2. The molecule has 0 aromatic rings. The number of hydrogen-bond donors (Lipinski definition) is 0. The molecule has 0 radical (unpaired) electrons. The van der Waals surface area contributed by atoms with E-state index >= 15 is 0 Å². The molecule has 1 unspecified atom stereocenters. The van der Waals surface area contributed by atoms with Gasteiger partial charge in [0.2, 0.25) is 6.43 Å². The number of methoxy groups -OCH3 is 1. The van der Waals surface area contributed by atoms with Crippen molar-refractivity contribution >= 4 is 5.97 Å². The molecule has 0 spiro atoms. The highest BCUT2D eigenvalue weighted by Crippen LogP contribution is 2.39. The van der Waals surface area contributed by atoms with Crippen molar-refractivity contribution in [2.75, 3.05) is 27.2 Å². The minimum atomic E-state index is -2.47. The van der Waals surface area contributed by atoms with Gasteiger partial charge in [-0.15, -0.1) is 0 Å². The largest absolute Gasteiger partial charge is 0.469 e. The van der Waals surface area contributed by atoms with Crippen LogP contribution in [0.25, 0.3) is 0 Å². The monoisotopic (exact) mass is 221 g/mol. The number of rotatable bonds is 2. The fraction of sp³-hybridized carbons (Fsp3) is 0.900. The maximum absolute atomic E-state index is 12.8. The van der Waals surface area contributed by atoms with Crippen LogP contribution in [0.5, 0.6) is 0 Å². The number of carbonyl (C=O) groups is 1. The molecule has 0 aromatic heterocycles. The van der Waals surface area contributed by atoms with Crippen LogP contribution < -0.4 is 0 Å². The van der Waals surface area contributed by atoms with Gasteiger partial charge in [-0.1, -0.05) is 0 Å². The zero-order chi connectivity index (χ0) is 11.6. The molecule has 1 fully saturated rings. The van der Waals surface area contributed by atoms with Gasteiger partial charge in [-0.25, -0.2) is 8.78 Å². The Kier molecular flexibility index (Phi) is 3.65. The summed E-state index contributed by atoms with van der Waals surface area (Å²) in [5.41, 5.74) is -1.09. The number of hydrogen-bond acceptors (Lipinski definition) is 3. The Balaban J connectivity index is 2.91. The lowest BCUT2D eigenvalue weighted by molar-refractivity contribution is -0.165. The Morgan fingerprint density at radius 1 is 1.60 bits per heavy atom. The highest BCUT2D eigenvalue weighted by molar-refractivity contribution is 5.77. The van der Waals surface area contributed by atoms with Gasteiger partial charge in [0.25, 0.3) is 0 Å². The first-order valence-electron chi connectivity index (χ1n) is 4.97. The molecular formula is C10H17F2NO2. The molecular weight excluding hydrogens is 204 g/mol. The average Bonchev–Trinajstić information content (AvgIpc) is 2.15. The molecule has 0 saturated carbocycles. The first-order valence-corrected chi connectivity index (χ1v) is 4.97. The molecule has 2 atom stereocenters. The van der Waals surface area contributed by atoms with Gasteiger partial charge in [0, 0.05) is 12.5 Å². The SMILES string of the molecule is COC(=O)[C@]1(C)CN(C)CCC1C(F)F. The number of piperidine rings is 1. The van der Waals surface area contributed by atoms with Gasteiger partial charge in [-0.3, -0.25) is 4.79 Å². The quantitative estimate of drug-likeness (QED) is 0.660. The number of carbonyl (C=O) groups excluding carboxylic acids is 1. The molecule has 0 bridgehead atoms. The lowest BCUT2D eigenvalue weighted by Gasteiger charge is -2.42. The van der Waals surface area contributed by atoms with E-state index in [1.807, 2.05) is 11.9 Å². The summed E-state index contributed by atoms with van der Waals surface area (Å²) in [4.78, 5) is 13.5. The molecule has 0 aliphatic carbocycles. The van der Waals surface area contributed by atoms with Crippen molar-refractivity contribution < 1.29 is 18.3 Å². The van der Waals surface area contributed by atoms with Gasteiger partial charge < -0.3 is 9.64 Å². The first kappa shape index (κ1) is 12.4. The zero-order valence-electron chi connectivity index (χ0n) is 9.30. The first-order chi connectivity index (χ1) is 6.91. The van der Waals surface area contributed by atoms with Crippen LogP contribution in [0.15, 0.2) is 0 Å². The Morgan fingerprint density at radius 3 is 2.67 bits per heavy atom. The number of esters is 1. The number of alkyl halides is 2. The van der Waals surface area contributed by atoms with Crippen LogP contribution in [0, 0.1) is 11.3 Å². The van der Waals surface area contributed by atoms with E-state index in [1.165, 1.54) is 7.11 Å². The standard InChI is InChI=1S/C10H17F2NO2/c1-10(9(14)15-3)6-13(2)5-4-7(10)8(11)12/h7-8H,4-6H2,1-3H3/t7?,10-/m1/s1. The van der Waals surface area contributed by atoms with Crippen LogP contribution in [0.2, 0.25) is 0 Å². The third kappa shape index (κ3) is 2.27. The Bertz CT molecular complexity index is 248. The van der Waals surface area contributed by atoms with Gasteiger partial charge in [0.05, 0.1) is 12.5 Å². The summed E-state index contributed by atoms with van der Waals surface area (Å²) >= 11 is 0. The lowest BCUT2D eigenvalue weighted by atomic mass is 9.72. The molecule has 1 aliphatic heterocycles. The summed E-state index contributed by atoms with van der Waals surface area (Å²) in [6.07, 6.45) is -2.14. The summed E-state index contributed by atoms with van der Waals surface area (Å²) in [6.45, 7) is 2.49. The van der Waals surface area contributed by atoms with E-state index in [0.29, 0.717) is 19.5 Å². The fourth-order valence-corrected chi connectivity index (χ4v) is 2.29. The second-order valence-electron chi connectivity index (χ2n) is 4.38. The van der Waals surface area contributed by atoms with E-state index < -0.39 is 23.7 Å². The highest BCUT2D eigenvalue weighted by Gasteiger charge is 2.49. The van der Waals surface area contributed by atoms with Crippen molar-refractivity contribution in [3.63, 3.8) is 0 Å². The molecule has 1 heterocycles. The molecule has 15 heavy (non-hydrogen) atoms. The molecule has 5 heteroatoms.